The molecule has 0 fully saturated rings. The quantitative estimate of drug-likeness (QED) is 0.858. The smallest absolute Gasteiger partial charge is 0.358 e. The van der Waals surface area contributed by atoms with Crippen LogP contribution in [-0.4, -0.2) is 29.6 Å². The molecule has 0 bridgehead atoms. The molecule has 0 atom stereocenters. The molecule has 1 aromatic heterocycles. The number of carbonyl (C=O) groups excluding carboxylic acids is 1. The van der Waals surface area contributed by atoms with E-state index in [4.69, 9.17) is 11.6 Å². The summed E-state index contributed by atoms with van der Waals surface area (Å²) in [6, 6.07) is 7.69. The first-order chi connectivity index (χ1) is 9.69. The van der Waals surface area contributed by atoms with E-state index in [1.165, 1.54) is 25.1 Å². The van der Waals surface area contributed by atoms with Crippen molar-refractivity contribution in [3.63, 3.8) is 0 Å². The van der Waals surface area contributed by atoms with Gasteiger partial charge >= 0.3 is 5.97 Å². The summed E-state index contributed by atoms with van der Waals surface area (Å²) in [5.74, 6) is 0.122. The van der Waals surface area contributed by atoms with Crippen LogP contribution < -0.4 is 5.32 Å². The van der Waals surface area contributed by atoms with Crippen molar-refractivity contribution in [1.29, 1.82) is 0 Å². The number of hydrogen-bond donors (Lipinski definition) is 1. The van der Waals surface area contributed by atoms with Gasteiger partial charge in [0.25, 0.3) is 0 Å². The fourth-order valence-electron chi connectivity index (χ4n) is 1.62. The summed E-state index contributed by atoms with van der Waals surface area (Å²) in [5.41, 5.74) is 1.37. The third-order valence-electron chi connectivity index (χ3n) is 2.68. The minimum Gasteiger partial charge on any atom is -0.464 e. The second-order valence-corrected chi connectivity index (χ2v) is 4.52. The van der Waals surface area contributed by atoms with Crippen LogP contribution in [0.3, 0.4) is 0 Å². The van der Waals surface area contributed by atoms with Crippen LogP contribution in [0.25, 0.3) is 0 Å². The Bertz CT molecular complexity index is 570. The van der Waals surface area contributed by atoms with Gasteiger partial charge in [-0.15, -0.1) is 0 Å². The summed E-state index contributed by atoms with van der Waals surface area (Å²) >= 11 is 5.82. The van der Waals surface area contributed by atoms with E-state index in [9.17, 15) is 4.79 Å². The maximum absolute atomic E-state index is 11.2. The first kappa shape index (κ1) is 14.3. The molecule has 0 aliphatic rings. The molecular formula is C14H14ClN3O2. The number of ether oxygens (including phenoxy) is 1. The maximum Gasteiger partial charge on any atom is 0.358 e. The number of halogens is 1. The molecule has 0 spiro atoms. The number of nitrogens with one attached hydrogen (secondary N) is 1. The molecular weight excluding hydrogens is 278 g/mol. The maximum atomic E-state index is 11.2. The Balaban J connectivity index is 1.85. The van der Waals surface area contributed by atoms with E-state index in [0.29, 0.717) is 12.4 Å². The normalized spacial score (nSPS) is 10.1. The number of methoxy groups -OCH3 is 1. The third kappa shape index (κ3) is 3.93. The zero-order valence-corrected chi connectivity index (χ0v) is 11.7. The van der Waals surface area contributed by atoms with Crippen LogP contribution in [0.2, 0.25) is 5.02 Å². The van der Waals surface area contributed by atoms with E-state index in [-0.39, 0.29) is 5.69 Å². The van der Waals surface area contributed by atoms with Gasteiger partial charge < -0.3 is 10.1 Å². The lowest BCUT2D eigenvalue weighted by Gasteiger charge is -2.06. The molecule has 1 N–H and O–H groups in total. The Hall–Kier alpha value is -2.14. The molecule has 2 aromatic rings. The van der Waals surface area contributed by atoms with Gasteiger partial charge in [0, 0.05) is 11.6 Å². The van der Waals surface area contributed by atoms with Gasteiger partial charge in [-0.05, 0) is 24.1 Å². The Kier molecular flexibility index (Phi) is 4.90. The lowest BCUT2D eigenvalue weighted by Crippen LogP contribution is -2.09. The second-order valence-electron chi connectivity index (χ2n) is 4.08. The minimum absolute atomic E-state index is 0.191. The highest BCUT2D eigenvalue weighted by atomic mass is 35.5. The standard InChI is InChI=1S/C14H14ClN3O2/c1-20-14(19)12-8-18-13(9-17-12)16-7-6-10-2-4-11(15)5-3-10/h2-5,8-9H,6-7H2,1H3,(H,16,18). The van der Waals surface area contributed by atoms with Crippen molar-refractivity contribution in [2.24, 2.45) is 0 Å². The van der Waals surface area contributed by atoms with E-state index in [2.05, 4.69) is 20.0 Å². The van der Waals surface area contributed by atoms with Crippen LogP contribution in [0.1, 0.15) is 16.1 Å². The summed E-state index contributed by atoms with van der Waals surface area (Å²) < 4.78 is 4.55. The molecule has 104 valence electrons. The average molecular weight is 292 g/mol. The summed E-state index contributed by atoms with van der Waals surface area (Å²) in [6.07, 6.45) is 3.74. The molecule has 2 rings (SSSR count). The molecule has 1 heterocycles. The zero-order valence-electron chi connectivity index (χ0n) is 11.0. The highest BCUT2D eigenvalue weighted by Gasteiger charge is 2.06. The number of nitrogens with zero attached hydrogens (tertiary/aromatic N) is 2. The van der Waals surface area contributed by atoms with Crippen LogP contribution in [0.5, 0.6) is 0 Å². The second kappa shape index (κ2) is 6.86. The lowest BCUT2D eigenvalue weighted by atomic mass is 10.1. The molecule has 0 radical (unpaired) electrons. The van der Waals surface area contributed by atoms with E-state index in [1.807, 2.05) is 24.3 Å². The Morgan fingerprint density at radius 3 is 2.60 bits per heavy atom. The van der Waals surface area contributed by atoms with Crippen molar-refractivity contribution >= 4 is 23.4 Å². The van der Waals surface area contributed by atoms with Crippen molar-refractivity contribution in [3.05, 3.63) is 52.9 Å². The first-order valence-electron chi connectivity index (χ1n) is 6.07. The van der Waals surface area contributed by atoms with Gasteiger partial charge in [-0.25, -0.2) is 14.8 Å². The van der Waals surface area contributed by atoms with Crippen molar-refractivity contribution in [1.82, 2.24) is 9.97 Å². The van der Waals surface area contributed by atoms with Crippen LogP contribution in [0, 0.1) is 0 Å². The first-order valence-corrected chi connectivity index (χ1v) is 6.45. The molecule has 1 aromatic carbocycles. The number of esters is 1. The SMILES string of the molecule is COC(=O)c1cnc(NCCc2ccc(Cl)cc2)cn1. The molecule has 0 aliphatic carbocycles. The Morgan fingerprint density at radius 2 is 2.00 bits per heavy atom. The van der Waals surface area contributed by atoms with Crippen LogP contribution in [0.4, 0.5) is 5.82 Å². The summed E-state index contributed by atoms with van der Waals surface area (Å²) in [5, 5.41) is 3.86. The highest BCUT2D eigenvalue weighted by Crippen LogP contribution is 2.10. The molecule has 6 heteroatoms. The predicted molar refractivity (Wildman–Crippen MR) is 77.0 cm³/mol. The molecule has 20 heavy (non-hydrogen) atoms. The van der Waals surface area contributed by atoms with Crippen molar-refractivity contribution < 1.29 is 9.53 Å². The number of aromatic nitrogens is 2. The van der Waals surface area contributed by atoms with E-state index in [0.717, 1.165) is 11.4 Å². The third-order valence-corrected chi connectivity index (χ3v) is 2.93. The van der Waals surface area contributed by atoms with Gasteiger partial charge in [0.2, 0.25) is 0 Å². The lowest BCUT2D eigenvalue weighted by molar-refractivity contribution is 0.0593. The molecule has 5 nitrogen and oxygen atoms in total. The number of anilines is 1. The molecule has 0 aliphatic heterocycles. The Morgan fingerprint density at radius 1 is 1.25 bits per heavy atom. The minimum atomic E-state index is -0.495. The predicted octanol–water partition coefficient (Wildman–Crippen LogP) is 2.57. The van der Waals surface area contributed by atoms with Crippen LogP contribution in [0.15, 0.2) is 36.7 Å². The highest BCUT2D eigenvalue weighted by molar-refractivity contribution is 6.30. The van der Waals surface area contributed by atoms with Crippen LogP contribution in [-0.2, 0) is 11.2 Å². The zero-order chi connectivity index (χ0) is 14.4. The summed E-state index contributed by atoms with van der Waals surface area (Å²) in [7, 11) is 1.31. The molecule has 0 saturated carbocycles. The average Bonchev–Trinajstić information content (AvgIpc) is 2.49. The van der Waals surface area contributed by atoms with Crippen molar-refractivity contribution in [2.45, 2.75) is 6.42 Å². The topological polar surface area (TPSA) is 64.1 Å². The van der Waals surface area contributed by atoms with E-state index >= 15 is 0 Å². The fraction of sp³-hybridized carbons (Fsp3) is 0.214. The van der Waals surface area contributed by atoms with E-state index in [1.54, 1.807) is 0 Å². The van der Waals surface area contributed by atoms with Gasteiger partial charge in [-0.2, -0.15) is 0 Å². The molecule has 0 saturated heterocycles. The largest absolute Gasteiger partial charge is 0.464 e. The molecule has 0 unspecified atom stereocenters. The Labute approximate surface area is 122 Å². The summed E-state index contributed by atoms with van der Waals surface area (Å²) in [6.45, 7) is 0.716. The number of hydrogen-bond acceptors (Lipinski definition) is 5. The fourth-order valence-corrected chi connectivity index (χ4v) is 1.74. The summed E-state index contributed by atoms with van der Waals surface area (Å²) in [4.78, 5) is 19.3. The van der Waals surface area contributed by atoms with Gasteiger partial charge in [0.15, 0.2) is 5.69 Å². The van der Waals surface area contributed by atoms with Gasteiger partial charge in [-0.3, -0.25) is 0 Å². The van der Waals surface area contributed by atoms with Crippen molar-refractivity contribution in [3.8, 4) is 0 Å². The molecule has 0 amide bonds. The van der Waals surface area contributed by atoms with Crippen molar-refractivity contribution in [2.75, 3.05) is 19.0 Å². The van der Waals surface area contributed by atoms with Gasteiger partial charge in [-0.1, -0.05) is 23.7 Å². The number of carbonyl (C=O) groups is 1. The monoisotopic (exact) mass is 291 g/mol. The van der Waals surface area contributed by atoms with Gasteiger partial charge in [0.05, 0.1) is 19.5 Å². The number of benzene rings is 1. The van der Waals surface area contributed by atoms with E-state index < -0.39 is 5.97 Å². The van der Waals surface area contributed by atoms with Crippen LogP contribution >= 0.6 is 11.6 Å². The number of rotatable bonds is 5. The van der Waals surface area contributed by atoms with Gasteiger partial charge in [0.1, 0.15) is 5.82 Å².